The van der Waals surface area contributed by atoms with Crippen LogP contribution >= 0.6 is 0 Å². The molecule has 2 rings (SSSR count). The van der Waals surface area contributed by atoms with Gasteiger partial charge in [-0.3, -0.25) is 5.10 Å². The molecule has 0 amide bonds. The van der Waals surface area contributed by atoms with Crippen molar-refractivity contribution < 1.29 is 4.74 Å². The number of aromatic amines is 1. The van der Waals surface area contributed by atoms with Crippen LogP contribution in [0, 0.1) is 11.8 Å². The van der Waals surface area contributed by atoms with Gasteiger partial charge in [0.15, 0.2) is 0 Å². The Hall–Kier alpha value is -0.830. The molecule has 0 unspecified atom stereocenters. The summed E-state index contributed by atoms with van der Waals surface area (Å²) in [5.41, 5.74) is 1.10. The molecule has 0 bridgehead atoms. The van der Waals surface area contributed by atoms with Gasteiger partial charge < -0.3 is 4.74 Å². The average molecular weight is 180 g/mol. The third kappa shape index (κ3) is 1.37. The zero-order valence-corrected chi connectivity index (χ0v) is 8.32. The van der Waals surface area contributed by atoms with E-state index in [1.807, 2.05) is 6.07 Å². The van der Waals surface area contributed by atoms with Gasteiger partial charge in [-0.05, 0) is 24.8 Å². The van der Waals surface area contributed by atoms with Crippen molar-refractivity contribution in [2.24, 2.45) is 11.8 Å². The Kier molecular flexibility index (Phi) is 2.12. The Morgan fingerprint density at radius 3 is 2.54 bits per heavy atom. The molecular weight excluding hydrogens is 164 g/mol. The average Bonchev–Trinajstić information content (AvgIpc) is 2.70. The van der Waals surface area contributed by atoms with Gasteiger partial charge in [-0.2, -0.15) is 5.10 Å². The van der Waals surface area contributed by atoms with Crippen molar-refractivity contribution in [1.82, 2.24) is 10.2 Å². The fourth-order valence-corrected chi connectivity index (χ4v) is 1.96. The van der Waals surface area contributed by atoms with Gasteiger partial charge in [0.2, 0.25) is 0 Å². The van der Waals surface area contributed by atoms with E-state index in [4.69, 9.17) is 4.74 Å². The van der Waals surface area contributed by atoms with Gasteiger partial charge in [0.1, 0.15) is 6.10 Å². The number of hydrogen-bond donors (Lipinski definition) is 1. The zero-order chi connectivity index (χ0) is 9.42. The van der Waals surface area contributed by atoms with Gasteiger partial charge in [-0.15, -0.1) is 0 Å². The van der Waals surface area contributed by atoms with Crippen molar-refractivity contribution in [2.75, 3.05) is 0 Å². The Balaban J connectivity index is 2.19. The highest BCUT2D eigenvalue weighted by Crippen LogP contribution is 2.40. The maximum atomic E-state index is 5.86. The quantitative estimate of drug-likeness (QED) is 0.719. The van der Waals surface area contributed by atoms with E-state index in [0.717, 1.165) is 5.69 Å². The molecule has 0 saturated carbocycles. The van der Waals surface area contributed by atoms with Crippen LogP contribution in [0.3, 0.4) is 0 Å². The smallest absolute Gasteiger partial charge is 0.102 e. The number of H-pyrrole nitrogens is 1. The molecule has 0 aliphatic carbocycles. The first-order valence-electron chi connectivity index (χ1n) is 4.85. The van der Waals surface area contributed by atoms with Gasteiger partial charge in [0.25, 0.3) is 0 Å². The molecule has 0 spiro atoms. The highest BCUT2D eigenvalue weighted by Gasteiger charge is 2.37. The molecule has 4 atom stereocenters. The van der Waals surface area contributed by atoms with Gasteiger partial charge in [0.05, 0.1) is 11.8 Å². The molecule has 1 saturated heterocycles. The minimum absolute atomic E-state index is 0.201. The maximum Gasteiger partial charge on any atom is 0.102 e. The standard InChI is InChI=1S/C10H16N2O/c1-6-7(2)10(13-8(6)3)9-4-5-11-12-9/h4-8,10H,1-3H3,(H,11,12)/t6-,7+,8+,10+/m1/s1. The topological polar surface area (TPSA) is 37.9 Å². The molecule has 1 aromatic rings. The summed E-state index contributed by atoms with van der Waals surface area (Å²) in [6.07, 6.45) is 2.33. The molecule has 1 N–H and O–H groups in total. The van der Waals surface area contributed by atoms with Crippen LogP contribution in [0.25, 0.3) is 0 Å². The van der Waals surface area contributed by atoms with E-state index in [-0.39, 0.29) is 6.10 Å². The number of aromatic nitrogens is 2. The van der Waals surface area contributed by atoms with E-state index < -0.39 is 0 Å². The molecule has 72 valence electrons. The third-order valence-corrected chi connectivity index (χ3v) is 3.24. The zero-order valence-electron chi connectivity index (χ0n) is 8.32. The summed E-state index contributed by atoms with van der Waals surface area (Å²) in [5, 5.41) is 6.92. The summed E-state index contributed by atoms with van der Waals surface area (Å²) in [5.74, 6) is 1.18. The lowest BCUT2D eigenvalue weighted by atomic mass is 9.90. The van der Waals surface area contributed by atoms with Crippen molar-refractivity contribution >= 4 is 0 Å². The van der Waals surface area contributed by atoms with Gasteiger partial charge in [0, 0.05) is 6.20 Å². The summed E-state index contributed by atoms with van der Waals surface area (Å²) < 4.78 is 5.86. The number of hydrogen-bond acceptors (Lipinski definition) is 2. The first kappa shape index (κ1) is 8.75. The van der Waals surface area contributed by atoms with Gasteiger partial charge in [-0.25, -0.2) is 0 Å². The second-order valence-corrected chi connectivity index (χ2v) is 3.99. The normalized spacial score (nSPS) is 39.6. The van der Waals surface area contributed by atoms with E-state index in [2.05, 4.69) is 31.0 Å². The molecular formula is C10H16N2O. The van der Waals surface area contributed by atoms with Crippen LogP contribution in [0.5, 0.6) is 0 Å². The Morgan fingerprint density at radius 2 is 2.08 bits per heavy atom. The van der Waals surface area contributed by atoms with Crippen molar-refractivity contribution in [3.63, 3.8) is 0 Å². The number of rotatable bonds is 1. The summed E-state index contributed by atoms with van der Waals surface area (Å²) in [6.45, 7) is 6.61. The SMILES string of the molecule is C[C@@H]1[C@H](C)[C@@H](c2ccn[nH]2)O[C@H]1C. The lowest BCUT2D eigenvalue weighted by Crippen LogP contribution is -2.11. The molecule has 1 aromatic heterocycles. The van der Waals surface area contributed by atoms with Crippen LogP contribution in [0.2, 0.25) is 0 Å². The predicted octanol–water partition coefficient (Wildman–Crippen LogP) is 2.14. The summed E-state index contributed by atoms with van der Waals surface area (Å²) >= 11 is 0. The summed E-state index contributed by atoms with van der Waals surface area (Å²) in [6, 6.07) is 1.99. The second-order valence-electron chi connectivity index (χ2n) is 3.99. The largest absolute Gasteiger partial charge is 0.368 e. The molecule has 1 aliphatic heterocycles. The molecule has 3 heteroatoms. The van der Waals surface area contributed by atoms with Gasteiger partial charge in [-0.1, -0.05) is 13.8 Å². The van der Waals surface area contributed by atoms with Crippen LogP contribution in [0.1, 0.15) is 32.6 Å². The van der Waals surface area contributed by atoms with Crippen LogP contribution in [-0.4, -0.2) is 16.3 Å². The van der Waals surface area contributed by atoms with E-state index in [0.29, 0.717) is 17.9 Å². The minimum atomic E-state index is 0.201. The van der Waals surface area contributed by atoms with Crippen molar-refractivity contribution in [3.05, 3.63) is 18.0 Å². The Morgan fingerprint density at radius 1 is 1.31 bits per heavy atom. The lowest BCUT2D eigenvalue weighted by Gasteiger charge is -2.13. The van der Waals surface area contributed by atoms with Crippen LogP contribution in [-0.2, 0) is 4.74 Å². The first-order valence-corrected chi connectivity index (χ1v) is 4.85. The van der Waals surface area contributed by atoms with E-state index in [1.54, 1.807) is 6.20 Å². The lowest BCUT2D eigenvalue weighted by molar-refractivity contribution is 0.0380. The van der Waals surface area contributed by atoms with Crippen molar-refractivity contribution in [3.8, 4) is 0 Å². The third-order valence-electron chi connectivity index (χ3n) is 3.24. The van der Waals surface area contributed by atoms with E-state index in [1.165, 1.54) is 0 Å². The maximum absolute atomic E-state index is 5.86. The summed E-state index contributed by atoms with van der Waals surface area (Å²) in [4.78, 5) is 0. The highest BCUT2D eigenvalue weighted by molar-refractivity contribution is 5.06. The van der Waals surface area contributed by atoms with E-state index >= 15 is 0 Å². The fraction of sp³-hybridized carbons (Fsp3) is 0.700. The number of nitrogens with one attached hydrogen (secondary N) is 1. The monoisotopic (exact) mass is 180 g/mol. The Bertz CT molecular complexity index is 270. The summed E-state index contributed by atoms with van der Waals surface area (Å²) in [7, 11) is 0. The molecule has 1 fully saturated rings. The molecule has 2 heterocycles. The van der Waals surface area contributed by atoms with Gasteiger partial charge >= 0.3 is 0 Å². The first-order chi connectivity index (χ1) is 6.20. The number of ether oxygens (including phenoxy) is 1. The number of nitrogens with zero attached hydrogens (tertiary/aromatic N) is 1. The van der Waals surface area contributed by atoms with Crippen LogP contribution in [0.15, 0.2) is 12.3 Å². The molecule has 1 aliphatic rings. The predicted molar refractivity (Wildman–Crippen MR) is 50.2 cm³/mol. The van der Waals surface area contributed by atoms with Crippen LogP contribution in [0.4, 0.5) is 0 Å². The minimum Gasteiger partial charge on any atom is -0.368 e. The Labute approximate surface area is 78.5 Å². The molecule has 13 heavy (non-hydrogen) atoms. The van der Waals surface area contributed by atoms with Crippen LogP contribution < -0.4 is 0 Å². The fourth-order valence-electron chi connectivity index (χ4n) is 1.96. The highest BCUT2D eigenvalue weighted by atomic mass is 16.5. The van der Waals surface area contributed by atoms with E-state index in [9.17, 15) is 0 Å². The second kappa shape index (κ2) is 3.14. The molecule has 0 aromatic carbocycles. The molecule has 3 nitrogen and oxygen atoms in total. The molecule has 0 radical (unpaired) electrons. The van der Waals surface area contributed by atoms with Crippen molar-refractivity contribution in [2.45, 2.75) is 33.0 Å². The van der Waals surface area contributed by atoms with Crippen molar-refractivity contribution in [1.29, 1.82) is 0 Å².